The first-order chi connectivity index (χ1) is 10.4. The number of ether oxygens (including phenoxy) is 2. The molecule has 0 aliphatic carbocycles. The zero-order chi connectivity index (χ0) is 16.2. The Bertz CT molecular complexity index is 632. The topological polar surface area (TPSA) is 62.3 Å². The second-order valence-corrected chi connectivity index (χ2v) is 4.60. The van der Waals surface area contributed by atoms with E-state index in [9.17, 15) is 13.2 Å². The minimum atomic E-state index is -4.74. The fourth-order valence-electron chi connectivity index (χ4n) is 1.96. The van der Waals surface area contributed by atoms with Gasteiger partial charge in [-0.3, -0.25) is 4.68 Å². The van der Waals surface area contributed by atoms with E-state index in [-0.39, 0.29) is 24.7 Å². The number of nitrogens with zero attached hydrogens (tertiary/aromatic N) is 2. The van der Waals surface area contributed by atoms with Gasteiger partial charge in [0.2, 0.25) is 0 Å². The normalized spacial score (nSPS) is 11.2. The highest BCUT2D eigenvalue weighted by Gasteiger charge is 2.31. The first-order valence-corrected chi connectivity index (χ1v) is 6.53. The average Bonchev–Trinajstić information content (AvgIpc) is 2.91. The van der Waals surface area contributed by atoms with E-state index in [1.54, 1.807) is 30.3 Å². The van der Waals surface area contributed by atoms with E-state index in [2.05, 4.69) is 9.84 Å². The van der Waals surface area contributed by atoms with Gasteiger partial charge in [-0.1, -0.05) is 0 Å². The Hall–Kier alpha value is -1.77. The van der Waals surface area contributed by atoms with Gasteiger partial charge >= 0.3 is 6.36 Å². The van der Waals surface area contributed by atoms with E-state index < -0.39 is 6.36 Å². The molecule has 23 heavy (non-hydrogen) atoms. The molecule has 0 radical (unpaired) electrons. The fourth-order valence-corrected chi connectivity index (χ4v) is 1.96. The van der Waals surface area contributed by atoms with Gasteiger partial charge in [-0.05, 0) is 29.3 Å². The molecule has 128 valence electrons. The van der Waals surface area contributed by atoms with Crippen molar-refractivity contribution in [2.75, 3.05) is 13.7 Å². The predicted octanol–water partition coefficient (Wildman–Crippen LogP) is 2.98. The molecular formula is C14H17ClF3N3O2. The van der Waals surface area contributed by atoms with Crippen molar-refractivity contribution in [3.05, 3.63) is 36.2 Å². The number of benzene rings is 1. The Balaban J connectivity index is 0.00000264. The number of halogens is 4. The zero-order valence-corrected chi connectivity index (χ0v) is 13.2. The van der Waals surface area contributed by atoms with Crippen molar-refractivity contribution in [3.63, 3.8) is 0 Å². The average molecular weight is 352 g/mol. The Kier molecular flexibility index (Phi) is 6.86. The lowest BCUT2D eigenvalue weighted by molar-refractivity contribution is -0.274. The van der Waals surface area contributed by atoms with Crippen molar-refractivity contribution in [2.45, 2.75) is 19.5 Å². The number of methoxy groups -OCH3 is 1. The highest BCUT2D eigenvalue weighted by Crippen LogP contribution is 2.29. The maximum absolute atomic E-state index is 12.4. The van der Waals surface area contributed by atoms with E-state index in [0.29, 0.717) is 29.8 Å². The summed E-state index contributed by atoms with van der Waals surface area (Å²) >= 11 is 0. The summed E-state index contributed by atoms with van der Waals surface area (Å²) in [6, 6.07) is 4.29. The van der Waals surface area contributed by atoms with Gasteiger partial charge in [0.15, 0.2) is 0 Å². The minimum Gasteiger partial charge on any atom is -0.406 e. The second-order valence-electron chi connectivity index (χ2n) is 4.60. The van der Waals surface area contributed by atoms with Crippen molar-refractivity contribution in [1.82, 2.24) is 9.78 Å². The lowest BCUT2D eigenvalue weighted by atomic mass is 10.1. The molecule has 0 unspecified atom stereocenters. The third-order valence-corrected chi connectivity index (χ3v) is 2.93. The zero-order valence-electron chi connectivity index (χ0n) is 12.3. The molecule has 2 rings (SSSR count). The van der Waals surface area contributed by atoms with Gasteiger partial charge < -0.3 is 15.2 Å². The molecule has 0 bridgehead atoms. The first-order valence-electron chi connectivity index (χ1n) is 6.53. The maximum Gasteiger partial charge on any atom is 0.573 e. The molecule has 5 nitrogen and oxygen atoms in total. The molecule has 0 fully saturated rings. The summed E-state index contributed by atoms with van der Waals surface area (Å²) in [5, 5.41) is 4.13. The van der Waals surface area contributed by atoms with Crippen LogP contribution in [0.1, 0.15) is 5.56 Å². The lowest BCUT2D eigenvalue weighted by Crippen LogP contribution is -2.17. The third kappa shape index (κ3) is 5.74. The van der Waals surface area contributed by atoms with Gasteiger partial charge in [0.05, 0.1) is 19.3 Å². The number of aromatic nitrogens is 2. The molecule has 0 aliphatic rings. The monoisotopic (exact) mass is 351 g/mol. The summed E-state index contributed by atoms with van der Waals surface area (Å²) in [6.07, 6.45) is -1.44. The van der Waals surface area contributed by atoms with Gasteiger partial charge in [-0.2, -0.15) is 5.10 Å². The molecule has 0 amide bonds. The lowest BCUT2D eigenvalue weighted by Gasteiger charge is -2.11. The number of rotatable bonds is 6. The minimum absolute atomic E-state index is 0. The van der Waals surface area contributed by atoms with Gasteiger partial charge in [-0.25, -0.2) is 0 Å². The highest BCUT2D eigenvalue weighted by atomic mass is 35.5. The summed E-state index contributed by atoms with van der Waals surface area (Å²) in [5.74, 6) is -0.296. The Labute approximate surface area is 137 Å². The van der Waals surface area contributed by atoms with E-state index in [0.717, 1.165) is 0 Å². The highest BCUT2D eigenvalue weighted by molar-refractivity contribution is 5.85. The van der Waals surface area contributed by atoms with Crippen LogP contribution in [0, 0.1) is 0 Å². The smallest absolute Gasteiger partial charge is 0.406 e. The number of hydrogen-bond acceptors (Lipinski definition) is 4. The molecule has 2 N–H and O–H groups in total. The standard InChI is InChI=1S/C14H16F3N3O2.ClH/c1-21-3-2-20-9-12(8-19-20)11-4-10(7-18)5-13(6-11)22-14(15,16)17;/h4-6,8-9H,2-3,7,18H2,1H3;1H. The van der Waals surface area contributed by atoms with E-state index in [4.69, 9.17) is 10.5 Å². The van der Waals surface area contributed by atoms with Crippen LogP contribution in [0.3, 0.4) is 0 Å². The van der Waals surface area contributed by atoms with Crippen LogP contribution in [-0.2, 0) is 17.8 Å². The molecule has 1 aromatic heterocycles. The van der Waals surface area contributed by atoms with Gasteiger partial charge in [0.1, 0.15) is 5.75 Å². The molecule has 0 atom stereocenters. The van der Waals surface area contributed by atoms with Crippen LogP contribution < -0.4 is 10.5 Å². The maximum atomic E-state index is 12.4. The van der Waals surface area contributed by atoms with Crippen molar-refractivity contribution in [1.29, 1.82) is 0 Å². The van der Waals surface area contributed by atoms with Gasteiger partial charge in [0, 0.05) is 25.4 Å². The first kappa shape index (κ1) is 19.3. The van der Waals surface area contributed by atoms with Crippen molar-refractivity contribution >= 4 is 12.4 Å². The van der Waals surface area contributed by atoms with E-state index in [1.807, 2.05) is 0 Å². The van der Waals surface area contributed by atoms with E-state index >= 15 is 0 Å². The fraction of sp³-hybridized carbons (Fsp3) is 0.357. The number of hydrogen-bond donors (Lipinski definition) is 1. The predicted molar refractivity (Wildman–Crippen MR) is 81.4 cm³/mol. The second kappa shape index (κ2) is 8.19. The quantitative estimate of drug-likeness (QED) is 0.869. The molecule has 0 saturated heterocycles. The molecular weight excluding hydrogens is 335 g/mol. The van der Waals surface area contributed by atoms with Gasteiger partial charge in [-0.15, -0.1) is 25.6 Å². The van der Waals surface area contributed by atoms with Crippen LogP contribution in [0.5, 0.6) is 5.75 Å². The summed E-state index contributed by atoms with van der Waals surface area (Å²) in [7, 11) is 1.58. The van der Waals surface area contributed by atoms with Crippen LogP contribution in [0.15, 0.2) is 30.6 Å². The van der Waals surface area contributed by atoms with Crippen LogP contribution in [0.4, 0.5) is 13.2 Å². The largest absolute Gasteiger partial charge is 0.573 e. The summed E-state index contributed by atoms with van der Waals surface area (Å²) in [5.41, 5.74) is 7.31. The van der Waals surface area contributed by atoms with Crippen LogP contribution in [-0.4, -0.2) is 29.9 Å². The Morgan fingerprint density at radius 1 is 1.22 bits per heavy atom. The number of nitrogens with two attached hydrogens (primary N) is 1. The van der Waals surface area contributed by atoms with E-state index in [1.165, 1.54) is 12.1 Å². The third-order valence-electron chi connectivity index (χ3n) is 2.93. The SMILES string of the molecule is COCCn1cc(-c2cc(CN)cc(OC(F)(F)F)c2)cn1.Cl. The Morgan fingerprint density at radius 2 is 1.96 bits per heavy atom. The van der Waals surface area contributed by atoms with Gasteiger partial charge in [0.25, 0.3) is 0 Å². The molecule has 9 heteroatoms. The van der Waals surface area contributed by atoms with Crippen molar-refractivity contribution in [3.8, 4) is 16.9 Å². The number of alkyl halides is 3. The summed E-state index contributed by atoms with van der Waals surface area (Å²) < 4.78 is 47.7. The van der Waals surface area contributed by atoms with Crippen LogP contribution >= 0.6 is 12.4 Å². The molecule has 0 aliphatic heterocycles. The molecule has 1 aromatic carbocycles. The molecule has 2 aromatic rings. The van der Waals surface area contributed by atoms with Crippen LogP contribution in [0.2, 0.25) is 0 Å². The van der Waals surface area contributed by atoms with Crippen LogP contribution in [0.25, 0.3) is 11.1 Å². The van der Waals surface area contributed by atoms with Crippen molar-refractivity contribution in [2.24, 2.45) is 5.73 Å². The van der Waals surface area contributed by atoms with Crippen molar-refractivity contribution < 1.29 is 22.6 Å². The molecule has 1 heterocycles. The summed E-state index contributed by atoms with van der Waals surface area (Å²) in [6.45, 7) is 1.16. The molecule has 0 saturated carbocycles. The molecule has 0 spiro atoms. The summed E-state index contributed by atoms with van der Waals surface area (Å²) in [4.78, 5) is 0. The Morgan fingerprint density at radius 3 is 2.57 bits per heavy atom.